The van der Waals surface area contributed by atoms with Gasteiger partial charge in [-0.3, -0.25) is 4.79 Å². The van der Waals surface area contributed by atoms with E-state index in [1.54, 1.807) is 25.3 Å². The molecule has 0 saturated heterocycles. The number of amides is 1. The Bertz CT molecular complexity index is 797. The summed E-state index contributed by atoms with van der Waals surface area (Å²) in [5.74, 6) is 1.72. The predicted molar refractivity (Wildman–Crippen MR) is 94.3 cm³/mol. The zero-order chi connectivity index (χ0) is 17.8. The van der Waals surface area contributed by atoms with Crippen LogP contribution in [-0.2, 0) is 4.79 Å². The topological polar surface area (TPSA) is 69.2 Å². The van der Waals surface area contributed by atoms with Gasteiger partial charge in [0.1, 0.15) is 5.75 Å². The van der Waals surface area contributed by atoms with Crippen LogP contribution >= 0.6 is 0 Å². The normalized spacial score (nSPS) is 13.7. The van der Waals surface area contributed by atoms with Gasteiger partial charge in [-0.15, -0.1) is 0 Å². The van der Waals surface area contributed by atoms with Crippen molar-refractivity contribution in [2.75, 3.05) is 6.79 Å². The second-order valence-corrected chi connectivity index (χ2v) is 5.93. The fourth-order valence-electron chi connectivity index (χ4n) is 2.51. The van der Waals surface area contributed by atoms with Crippen molar-refractivity contribution >= 4 is 12.1 Å². The van der Waals surface area contributed by atoms with Gasteiger partial charge in [-0.25, -0.2) is 5.43 Å². The molecule has 25 heavy (non-hydrogen) atoms. The molecule has 0 bridgehead atoms. The van der Waals surface area contributed by atoms with Gasteiger partial charge in [-0.1, -0.05) is 6.07 Å². The number of benzene rings is 2. The van der Waals surface area contributed by atoms with Crippen molar-refractivity contribution in [3.63, 3.8) is 0 Å². The number of hydrazone groups is 1. The van der Waals surface area contributed by atoms with Gasteiger partial charge >= 0.3 is 0 Å². The Kier molecular flexibility index (Phi) is 4.88. The van der Waals surface area contributed by atoms with E-state index in [1.165, 1.54) is 0 Å². The van der Waals surface area contributed by atoms with Crippen LogP contribution in [0.2, 0.25) is 0 Å². The van der Waals surface area contributed by atoms with Crippen LogP contribution in [0.15, 0.2) is 41.5 Å². The molecule has 2 aromatic rings. The van der Waals surface area contributed by atoms with Gasteiger partial charge in [0.2, 0.25) is 6.79 Å². The quantitative estimate of drug-likeness (QED) is 0.671. The average Bonchev–Trinajstić information content (AvgIpc) is 3.01. The van der Waals surface area contributed by atoms with Crippen molar-refractivity contribution in [1.29, 1.82) is 0 Å². The number of hydrogen-bond acceptors (Lipinski definition) is 5. The van der Waals surface area contributed by atoms with Crippen molar-refractivity contribution in [2.24, 2.45) is 5.10 Å². The van der Waals surface area contributed by atoms with E-state index in [1.807, 2.05) is 38.1 Å². The number of fused-ring (bicyclic) bond motifs is 1. The minimum Gasteiger partial charge on any atom is -0.481 e. The lowest BCUT2D eigenvalue weighted by Crippen LogP contribution is -2.33. The molecule has 0 radical (unpaired) electrons. The molecule has 1 N–H and O–H groups in total. The summed E-state index contributed by atoms with van der Waals surface area (Å²) in [5.41, 5.74) is 5.45. The van der Waals surface area contributed by atoms with E-state index in [4.69, 9.17) is 14.2 Å². The lowest BCUT2D eigenvalue weighted by Gasteiger charge is -2.14. The lowest BCUT2D eigenvalue weighted by atomic mass is 10.1. The predicted octanol–water partition coefficient (Wildman–Crippen LogP) is 2.95. The summed E-state index contributed by atoms with van der Waals surface area (Å²) in [6.07, 6.45) is 0.888. The molecule has 0 spiro atoms. The van der Waals surface area contributed by atoms with Crippen molar-refractivity contribution in [1.82, 2.24) is 5.43 Å². The first-order valence-corrected chi connectivity index (χ1v) is 7.99. The molecule has 0 fully saturated rings. The monoisotopic (exact) mass is 340 g/mol. The summed E-state index contributed by atoms with van der Waals surface area (Å²) in [5, 5.41) is 3.96. The number of ether oxygens (including phenoxy) is 3. The van der Waals surface area contributed by atoms with E-state index < -0.39 is 6.10 Å². The third-order valence-electron chi connectivity index (χ3n) is 3.66. The van der Waals surface area contributed by atoms with Gasteiger partial charge in [0, 0.05) is 0 Å². The number of aryl methyl sites for hydroxylation is 2. The molecule has 1 aliphatic rings. The van der Waals surface area contributed by atoms with Gasteiger partial charge in [0.05, 0.1) is 6.21 Å². The second-order valence-electron chi connectivity index (χ2n) is 5.93. The molecule has 1 atom stereocenters. The molecule has 0 aliphatic carbocycles. The highest BCUT2D eigenvalue weighted by Crippen LogP contribution is 2.31. The number of rotatable bonds is 5. The molecule has 0 aromatic heterocycles. The first kappa shape index (κ1) is 16.8. The zero-order valence-corrected chi connectivity index (χ0v) is 14.4. The second kappa shape index (κ2) is 7.25. The molecule has 2 aromatic carbocycles. The van der Waals surface area contributed by atoms with Gasteiger partial charge in [0.25, 0.3) is 5.91 Å². The molecule has 6 nitrogen and oxygen atoms in total. The molecule has 3 rings (SSSR count). The largest absolute Gasteiger partial charge is 0.481 e. The molecular weight excluding hydrogens is 320 g/mol. The standard InChI is InChI=1S/C19H20N2O4/c1-12-6-13(2)8-16(7-12)25-14(3)19(22)21-20-10-15-4-5-17-18(9-15)24-11-23-17/h4-10,14H,11H2,1-3H3,(H,21,22)/b20-10+. The highest BCUT2D eigenvalue weighted by Gasteiger charge is 2.15. The maximum Gasteiger partial charge on any atom is 0.280 e. The Hall–Kier alpha value is -3.02. The molecule has 1 unspecified atom stereocenters. The Balaban J connectivity index is 1.56. The lowest BCUT2D eigenvalue weighted by molar-refractivity contribution is -0.127. The Morgan fingerprint density at radius 2 is 1.88 bits per heavy atom. The molecular formula is C19H20N2O4. The molecule has 1 heterocycles. The van der Waals surface area contributed by atoms with E-state index >= 15 is 0 Å². The van der Waals surface area contributed by atoms with Crippen LogP contribution in [0.3, 0.4) is 0 Å². The average molecular weight is 340 g/mol. The van der Waals surface area contributed by atoms with Crippen molar-refractivity contribution in [2.45, 2.75) is 26.9 Å². The van der Waals surface area contributed by atoms with Crippen LogP contribution in [0.5, 0.6) is 17.2 Å². The fraction of sp³-hybridized carbons (Fsp3) is 0.263. The molecule has 130 valence electrons. The first-order valence-electron chi connectivity index (χ1n) is 7.99. The van der Waals surface area contributed by atoms with E-state index in [0.717, 1.165) is 16.7 Å². The van der Waals surface area contributed by atoms with Crippen LogP contribution in [-0.4, -0.2) is 25.0 Å². The van der Waals surface area contributed by atoms with Crippen LogP contribution in [0.1, 0.15) is 23.6 Å². The van der Waals surface area contributed by atoms with E-state index in [9.17, 15) is 4.79 Å². The maximum absolute atomic E-state index is 12.1. The fourth-order valence-corrected chi connectivity index (χ4v) is 2.51. The highest BCUT2D eigenvalue weighted by atomic mass is 16.7. The third kappa shape index (κ3) is 4.29. The highest BCUT2D eigenvalue weighted by molar-refractivity contribution is 5.85. The molecule has 0 saturated carbocycles. The summed E-state index contributed by atoms with van der Waals surface area (Å²) in [4.78, 5) is 12.1. The Morgan fingerprint density at radius 1 is 1.16 bits per heavy atom. The SMILES string of the molecule is Cc1cc(C)cc(OC(C)C(=O)N/N=C/c2ccc3c(c2)OCO3)c1. The Labute approximate surface area is 146 Å². The van der Waals surface area contributed by atoms with Crippen molar-refractivity contribution < 1.29 is 19.0 Å². The summed E-state index contributed by atoms with van der Waals surface area (Å²) in [6, 6.07) is 11.3. The van der Waals surface area contributed by atoms with Gasteiger partial charge in [0.15, 0.2) is 17.6 Å². The third-order valence-corrected chi connectivity index (χ3v) is 3.66. The molecule has 1 amide bonds. The molecule has 6 heteroatoms. The number of hydrogen-bond donors (Lipinski definition) is 1. The van der Waals surface area contributed by atoms with Crippen LogP contribution in [0, 0.1) is 13.8 Å². The van der Waals surface area contributed by atoms with Gasteiger partial charge in [-0.05, 0) is 67.8 Å². The summed E-state index contributed by atoms with van der Waals surface area (Å²) >= 11 is 0. The minimum absolute atomic E-state index is 0.222. The Morgan fingerprint density at radius 3 is 2.64 bits per heavy atom. The van der Waals surface area contributed by atoms with Gasteiger partial charge in [-0.2, -0.15) is 5.10 Å². The van der Waals surface area contributed by atoms with E-state index in [2.05, 4.69) is 10.5 Å². The van der Waals surface area contributed by atoms with Crippen LogP contribution in [0.25, 0.3) is 0 Å². The van der Waals surface area contributed by atoms with E-state index in [0.29, 0.717) is 17.2 Å². The molecule has 1 aliphatic heterocycles. The van der Waals surface area contributed by atoms with Crippen molar-refractivity contribution in [3.05, 3.63) is 53.1 Å². The summed E-state index contributed by atoms with van der Waals surface area (Å²) in [7, 11) is 0. The first-order chi connectivity index (χ1) is 12.0. The summed E-state index contributed by atoms with van der Waals surface area (Å²) < 4.78 is 16.2. The number of carbonyl (C=O) groups excluding carboxylic acids is 1. The zero-order valence-electron chi connectivity index (χ0n) is 14.4. The van der Waals surface area contributed by atoms with Crippen molar-refractivity contribution in [3.8, 4) is 17.2 Å². The maximum atomic E-state index is 12.1. The number of nitrogens with zero attached hydrogens (tertiary/aromatic N) is 1. The number of carbonyl (C=O) groups is 1. The van der Waals surface area contributed by atoms with Crippen LogP contribution in [0.4, 0.5) is 0 Å². The van der Waals surface area contributed by atoms with E-state index in [-0.39, 0.29) is 12.7 Å². The van der Waals surface area contributed by atoms with Crippen LogP contribution < -0.4 is 19.6 Å². The smallest absolute Gasteiger partial charge is 0.280 e. The summed E-state index contributed by atoms with van der Waals surface area (Å²) in [6.45, 7) is 5.88. The number of nitrogens with one attached hydrogen (secondary N) is 1. The van der Waals surface area contributed by atoms with Gasteiger partial charge < -0.3 is 14.2 Å². The minimum atomic E-state index is -0.657.